The van der Waals surface area contributed by atoms with Crippen molar-refractivity contribution in [3.63, 3.8) is 0 Å². The predicted molar refractivity (Wildman–Crippen MR) is 129 cm³/mol. The summed E-state index contributed by atoms with van der Waals surface area (Å²) in [5.74, 6) is -0.189. The van der Waals surface area contributed by atoms with Crippen molar-refractivity contribution in [1.82, 2.24) is 24.5 Å². The number of aromatic hydroxyl groups is 2. The fourth-order valence-electron chi connectivity index (χ4n) is 3.66. The molecule has 0 bridgehead atoms. The maximum Gasteiger partial charge on any atom is 0.278 e. The summed E-state index contributed by atoms with van der Waals surface area (Å²) in [4.78, 5) is 30.2. The molecule has 0 spiro atoms. The van der Waals surface area contributed by atoms with Gasteiger partial charge < -0.3 is 10.2 Å². The normalized spacial score (nSPS) is 11.3. The number of fused-ring (bicyclic) bond motifs is 1. The fourth-order valence-corrected chi connectivity index (χ4v) is 3.66. The fraction of sp³-hybridized carbons (Fsp3) is 0.0385. The average Bonchev–Trinajstić information content (AvgIpc) is 2.85. The molecule has 34 heavy (non-hydrogen) atoms. The summed E-state index contributed by atoms with van der Waals surface area (Å²) in [5.41, 5.74) is 3.45. The molecule has 166 valence electrons. The van der Waals surface area contributed by atoms with Crippen LogP contribution in [-0.4, -0.2) is 34.7 Å². The van der Waals surface area contributed by atoms with Crippen LogP contribution in [0.3, 0.4) is 0 Å². The minimum absolute atomic E-state index is 0.0567. The van der Waals surface area contributed by atoms with Gasteiger partial charge in [0.1, 0.15) is 11.2 Å². The van der Waals surface area contributed by atoms with Gasteiger partial charge in [-0.3, -0.25) is 9.36 Å². The van der Waals surface area contributed by atoms with E-state index in [4.69, 9.17) is 0 Å². The van der Waals surface area contributed by atoms with E-state index in [-0.39, 0.29) is 29.4 Å². The Kier molecular flexibility index (Phi) is 5.53. The van der Waals surface area contributed by atoms with Crippen molar-refractivity contribution in [2.45, 2.75) is 6.42 Å². The summed E-state index contributed by atoms with van der Waals surface area (Å²) < 4.78 is 1.52. The minimum Gasteiger partial charge on any atom is -0.493 e. The second-order valence-electron chi connectivity index (χ2n) is 7.55. The van der Waals surface area contributed by atoms with Crippen molar-refractivity contribution in [2.75, 3.05) is 0 Å². The molecule has 5 rings (SSSR count). The van der Waals surface area contributed by atoms with Crippen LogP contribution in [0.5, 0.6) is 11.8 Å². The van der Waals surface area contributed by atoms with E-state index in [9.17, 15) is 15.0 Å². The number of rotatable bonds is 5. The van der Waals surface area contributed by atoms with Crippen molar-refractivity contribution in [3.05, 3.63) is 112 Å². The lowest BCUT2D eigenvalue weighted by atomic mass is 10.1. The molecule has 0 fully saturated rings. The van der Waals surface area contributed by atoms with Gasteiger partial charge in [-0.15, -0.1) is 0 Å². The molecule has 0 aliphatic carbocycles. The number of pyridine rings is 3. The second kappa shape index (κ2) is 8.95. The third-order valence-corrected chi connectivity index (χ3v) is 5.31. The van der Waals surface area contributed by atoms with E-state index in [2.05, 4.69) is 19.9 Å². The predicted octanol–water partition coefficient (Wildman–Crippen LogP) is 3.74. The highest BCUT2D eigenvalue weighted by Crippen LogP contribution is 2.20. The molecular formula is C26H19N5O3. The number of hydrogen-bond acceptors (Lipinski definition) is 7. The van der Waals surface area contributed by atoms with E-state index in [0.717, 1.165) is 5.56 Å². The van der Waals surface area contributed by atoms with Crippen LogP contribution in [0.15, 0.2) is 84.0 Å². The molecule has 0 aliphatic heterocycles. The first-order chi connectivity index (χ1) is 16.6. The summed E-state index contributed by atoms with van der Waals surface area (Å²) in [5, 5.41) is 20.0. The van der Waals surface area contributed by atoms with Crippen molar-refractivity contribution < 1.29 is 10.2 Å². The molecule has 5 aromatic rings. The lowest BCUT2D eigenvalue weighted by Gasteiger charge is -2.12. The second-order valence-corrected chi connectivity index (χ2v) is 7.55. The number of nitrogens with zero attached hydrogens (tertiary/aromatic N) is 5. The van der Waals surface area contributed by atoms with Gasteiger partial charge in [0, 0.05) is 36.1 Å². The van der Waals surface area contributed by atoms with Gasteiger partial charge in [0.15, 0.2) is 5.65 Å². The van der Waals surface area contributed by atoms with Crippen LogP contribution in [-0.2, 0) is 6.42 Å². The molecule has 0 radical (unpaired) electrons. The Hall–Kier alpha value is -4.85. The van der Waals surface area contributed by atoms with Gasteiger partial charge in [-0.1, -0.05) is 24.3 Å². The standard InChI is InChI=1S/C26H19N5O3/c32-24-18(6-2-13-28-24)11-10-17-5-1-8-20(15-17)31-23-21(9-4-12-27-23)30-22(26(31)34)16-19-7-3-14-29-25(19)33/h1-15H,16H2,(H,28,32)(H,29,33)/b11-10+. The van der Waals surface area contributed by atoms with Gasteiger partial charge >= 0.3 is 0 Å². The number of benzene rings is 1. The smallest absolute Gasteiger partial charge is 0.278 e. The Balaban J connectivity index is 1.62. The molecule has 4 heterocycles. The van der Waals surface area contributed by atoms with Gasteiger partial charge in [-0.25, -0.2) is 19.9 Å². The third kappa shape index (κ3) is 4.12. The van der Waals surface area contributed by atoms with Crippen molar-refractivity contribution in [3.8, 4) is 17.4 Å². The summed E-state index contributed by atoms with van der Waals surface area (Å²) in [6, 6.07) is 17.9. The molecular weight excluding hydrogens is 430 g/mol. The van der Waals surface area contributed by atoms with E-state index < -0.39 is 0 Å². The highest BCUT2D eigenvalue weighted by molar-refractivity contribution is 5.75. The lowest BCUT2D eigenvalue weighted by molar-refractivity contribution is 0.447. The molecule has 2 N–H and O–H groups in total. The molecule has 8 heteroatoms. The van der Waals surface area contributed by atoms with Crippen LogP contribution in [0.1, 0.15) is 22.4 Å². The van der Waals surface area contributed by atoms with E-state index in [1.165, 1.54) is 17.0 Å². The minimum atomic E-state index is -0.333. The Morgan fingerprint density at radius 2 is 1.59 bits per heavy atom. The Labute approximate surface area is 194 Å². The van der Waals surface area contributed by atoms with E-state index >= 15 is 0 Å². The van der Waals surface area contributed by atoms with Crippen LogP contribution >= 0.6 is 0 Å². The molecule has 0 amide bonds. The van der Waals surface area contributed by atoms with Crippen LogP contribution in [0.25, 0.3) is 29.0 Å². The number of hydrogen-bond donors (Lipinski definition) is 2. The lowest BCUT2D eigenvalue weighted by Crippen LogP contribution is -2.25. The largest absolute Gasteiger partial charge is 0.493 e. The Bertz CT molecular complexity index is 1590. The van der Waals surface area contributed by atoms with Crippen molar-refractivity contribution >= 4 is 23.3 Å². The third-order valence-electron chi connectivity index (χ3n) is 5.31. The molecule has 0 atom stereocenters. The van der Waals surface area contributed by atoms with Crippen molar-refractivity contribution in [1.29, 1.82) is 0 Å². The van der Waals surface area contributed by atoms with Crippen LogP contribution in [0.2, 0.25) is 0 Å². The SMILES string of the molecule is O=c1c(Cc2cccnc2O)nc2cccnc2n1-c1cccc(/C=C/c2cccnc2O)c1. The van der Waals surface area contributed by atoms with Gasteiger partial charge in [-0.2, -0.15) is 0 Å². The summed E-state index contributed by atoms with van der Waals surface area (Å²) in [6.45, 7) is 0. The van der Waals surface area contributed by atoms with Crippen molar-refractivity contribution in [2.24, 2.45) is 0 Å². The van der Waals surface area contributed by atoms with Gasteiger partial charge in [-0.05, 0) is 54.1 Å². The maximum absolute atomic E-state index is 13.5. The Morgan fingerprint density at radius 1 is 0.824 bits per heavy atom. The first-order valence-corrected chi connectivity index (χ1v) is 10.5. The highest BCUT2D eigenvalue weighted by Gasteiger charge is 2.15. The average molecular weight is 449 g/mol. The number of aromatic nitrogens is 5. The Morgan fingerprint density at radius 3 is 2.41 bits per heavy atom. The molecule has 1 aromatic carbocycles. The molecule has 0 unspecified atom stereocenters. The molecule has 4 aromatic heterocycles. The summed E-state index contributed by atoms with van der Waals surface area (Å²) in [7, 11) is 0. The zero-order chi connectivity index (χ0) is 23.5. The molecule has 0 saturated carbocycles. The monoisotopic (exact) mass is 449 g/mol. The van der Waals surface area contributed by atoms with E-state index in [1.54, 1.807) is 48.7 Å². The van der Waals surface area contributed by atoms with Gasteiger partial charge in [0.05, 0.1) is 5.69 Å². The summed E-state index contributed by atoms with van der Waals surface area (Å²) >= 11 is 0. The molecule has 0 aliphatic rings. The van der Waals surface area contributed by atoms with Crippen LogP contribution in [0.4, 0.5) is 0 Å². The van der Waals surface area contributed by atoms with Crippen LogP contribution < -0.4 is 5.56 Å². The first-order valence-electron chi connectivity index (χ1n) is 10.5. The van der Waals surface area contributed by atoms with Gasteiger partial charge in [0.25, 0.3) is 5.56 Å². The van der Waals surface area contributed by atoms with Crippen LogP contribution in [0, 0.1) is 0 Å². The first kappa shape index (κ1) is 21.0. The maximum atomic E-state index is 13.5. The highest BCUT2D eigenvalue weighted by atomic mass is 16.3. The molecule has 8 nitrogen and oxygen atoms in total. The zero-order valence-corrected chi connectivity index (χ0v) is 17.9. The topological polar surface area (TPSA) is 114 Å². The quantitative estimate of drug-likeness (QED) is 0.420. The zero-order valence-electron chi connectivity index (χ0n) is 17.9. The molecule has 0 saturated heterocycles. The van der Waals surface area contributed by atoms with E-state index in [1.807, 2.05) is 30.3 Å². The van der Waals surface area contributed by atoms with Gasteiger partial charge in [0.2, 0.25) is 11.8 Å². The summed E-state index contributed by atoms with van der Waals surface area (Å²) in [6.07, 6.45) is 8.33. The van der Waals surface area contributed by atoms with E-state index in [0.29, 0.717) is 28.0 Å².